The number of pyridine rings is 2. The third kappa shape index (κ3) is 8.24. The van der Waals surface area contributed by atoms with Crippen LogP contribution in [0.4, 0.5) is 17.1 Å². The maximum atomic E-state index is 11.9. The Morgan fingerprint density at radius 3 is 1.51 bits per heavy atom. The summed E-state index contributed by atoms with van der Waals surface area (Å²) < 4.78 is 0. The molecule has 2 aliphatic rings. The van der Waals surface area contributed by atoms with Gasteiger partial charge in [-0.15, -0.1) is 0 Å². The van der Waals surface area contributed by atoms with Gasteiger partial charge in [0.25, 0.3) is 0 Å². The topological polar surface area (TPSA) is 87.9 Å². The zero-order chi connectivity index (χ0) is 30.9. The van der Waals surface area contributed by atoms with Gasteiger partial charge in [-0.05, 0) is 105 Å². The van der Waals surface area contributed by atoms with E-state index in [4.69, 9.17) is 4.99 Å². The van der Waals surface area contributed by atoms with E-state index in [-0.39, 0.29) is 28.6 Å². The van der Waals surface area contributed by atoms with Gasteiger partial charge in [0.1, 0.15) is 11.4 Å². The van der Waals surface area contributed by atoms with Gasteiger partial charge in [0.15, 0.2) is 0 Å². The molecule has 2 aromatic carbocycles. The van der Waals surface area contributed by atoms with Crippen molar-refractivity contribution < 1.29 is 26.7 Å². The molecule has 4 aromatic rings. The molecule has 7 nitrogen and oxygen atoms in total. The van der Waals surface area contributed by atoms with Gasteiger partial charge >= 0.3 is 0 Å². The number of aromatic nitrogens is 2. The number of carbonyl (C=O) groups excluding carboxylic acids is 2. The first-order chi connectivity index (χ1) is 21.5. The van der Waals surface area contributed by atoms with E-state index >= 15 is 0 Å². The van der Waals surface area contributed by atoms with Crippen molar-refractivity contribution in [1.29, 1.82) is 0 Å². The molecule has 6 rings (SSSR count). The molecule has 8 heteroatoms. The number of aliphatic imine (C=N–C) groups is 2. The van der Waals surface area contributed by atoms with E-state index in [2.05, 4.69) is 45.8 Å². The molecular weight excluding hydrogens is 610 g/mol. The van der Waals surface area contributed by atoms with Gasteiger partial charge in [0, 0.05) is 59.4 Å². The average Bonchev–Trinajstić information content (AvgIpc) is 3.06. The molecule has 45 heavy (non-hydrogen) atoms. The summed E-state index contributed by atoms with van der Waals surface area (Å²) in [7, 11) is 0. The molecule has 0 atom stereocenters. The summed E-state index contributed by atoms with van der Waals surface area (Å²) >= 11 is 0. The van der Waals surface area contributed by atoms with Crippen LogP contribution in [0.25, 0.3) is 0 Å². The van der Waals surface area contributed by atoms with E-state index in [1.54, 1.807) is 24.5 Å². The Bertz CT molecular complexity index is 1770. The average molecular weight is 645 g/mol. The van der Waals surface area contributed by atoms with Crippen molar-refractivity contribution in [1.82, 2.24) is 9.97 Å². The van der Waals surface area contributed by atoms with Crippen LogP contribution in [0, 0.1) is 6.92 Å². The van der Waals surface area contributed by atoms with Gasteiger partial charge < -0.3 is 4.90 Å². The zero-order valence-electron chi connectivity index (χ0n) is 25.6. The van der Waals surface area contributed by atoms with Crippen molar-refractivity contribution in [3.05, 3.63) is 138 Å². The molecule has 0 fully saturated rings. The number of carbonyl (C=O) groups is 2. The van der Waals surface area contributed by atoms with E-state index in [1.807, 2.05) is 67.6 Å². The molecule has 2 aliphatic carbocycles. The van der Waals surface area contributed by atoms with Crippen molar-refractivity contribution in [2.75, 3.05) is 18.0 Å². The number of hydrogen-bond donors (Lipinski definition) is 0. The predicted molar refractivity (Wildman–Crippen MR) is 178 cm³/mol. The Hall–Kier alpha value is -4.78. The number of rotatable bonds is 7. The minimum Gasteiger partial charge on any atom is -0.372 e. The molecule has 0 bridgehead atoms. The zero-order valence-corrected chi connectivity index (χ0v) is 26.5. The normalized spacial score (nSPS) is 14.7. The molecule has 0 aliphatic heterocycles. The molecule has 0 spiro atoms. The fourth-order valence-corrected chi connectivity index (χ4v) is 5.00. The maximum absolute atomic E-state index is 11.9. The monoisotopic (exact) mass is 644 g/mol. The second kappa shape index (κ2) is 15.8. The van der Waals surface area contributed by atoms with Crippen molar-refractivity contribution in [3.8, 4) is 0 Å². The summed E-state index contributed by atoms with van der Waals surface area (Å²) in [5.74, 6) is -0.141. The van der Waals surface area contributed by atoms with Gasteiger partial charge in [-0.3, -0.25) is 19.6 Å². The Labute approximate surface area is 275 Å². The largest absolute Gasteiger partial charge is 0.372 e. The number of hydrogen-bond acceptors (Lipinski definition) is 7. The quantitative estimate of drug-likeness (QED) is 0.191. The summed E-state index contributed by atoms with van der Waals surface area (Å²) in [6, 6.07) is 23.7. The number of allylic oxidation sites excluding steroid dienone is 4. The summed E-state index contributed by atoms with van der Waals surface area (Å²) in [4.78, 5) is 43.6. The SMILES string of the molecule is CCCN(CCC)c1ccc(N=C2C=CC(=O)c3ncccc32)cc1.Cc1ccc(N=C2C=CC(=O)c3ncccc32)cc1.[Cu]. The van der Waals surface area contributed by atoms with E-state index in [9.17, 15) is 9.59 Å². The van der Waals surface area contributed by atoms with E-state index in [0.717, 1.165) is 59.9 Å². The van der Waals surface area contributed by atoms with E-state index in [1.165, 1.54) is 23.4 Å². The molecule has 231 valence electrons. The van der Waals surface area contributed by atoms with E-state index < -0.39 is 0 Å². The second-order valence-electron chi connectivity index (χ2n) is 10.5. The first-order valence-corrected chi connectivity index (χ1v) is 14.9. The number of anilines is 1. The minimum atomic E-state index is -0.0709. The van der Waals surface area contributed by atoms with Crippen molar-refractivity contribution in [2.45, 2.75) is 33.6 Å². The fraction of sp³-hybridized carbons (Fsp3) is 0.189. The molecule has 0 amide bonds. The standard InChI is InChI=1S/C21H23N3O.C16H12N2O.Cu/c1-3-14-24(15-4-2)17-9-7-16(8-10-17)23-19-11-12-20(25)21-18(19)6-5-13-22-21;1-11-4-6-12(7-5-11)18-14-8-9-15(19)16-13(14)3-2-10-17-16;/h5-13H,3-4,14-15H2,1-2H3;2-10H,1H3;. The molecule has 0 unspecified atom stereocenters. The Kier molecular flexibility index (Phi) is 11.6. The third-order valence-electron chi connectivity index (χ3n) is 7.15. The number of nitrogens with zero attached hydrogens (tertiary/aromatic N) is 5. The summed E-state index contributed by atoms with van der Waals surface area (Å²) in [6.07, 6.45) is 12.1. The number of benzene rings is 2. The molecule has 2 heterocycles. The van der Waals surface area contributed by atoms with E-state index in [0.29, 0.717) is 11.4 Å². The first kappa shape index (κ1) is 33.1. The predicted octanol–water partition coefficient (Wildman–Crippen LogP) is 7.84. The van der Waals surface area contributed by atoms with Gasteiger partial charge in [-0.1, -0.05) is 31.5 Å². The molecular formula is C37H35CuN5O2. The molecule has 2 aromatic heterocycles. The van der Waals surface area contributed by atoms with Crippen LogP contribution in [0.2, 0.25) is 0 Å². The van der Waals surface area contributed by atoms with Crippen LogP contribution in [-0.2, 0) is 17.1 Å². The van der Waals surface area contributed by atoms with Crippen molar-refractivity contribution >= 4 is 40.1 Å². The second-order valence-corrected chi connectivity index (χ2v) is 10.5. The van der Waals surface area contributed by atoms with Crippen LogP contribution in [-0.4, -0.2) is 46.0 Å². The van der Waals surface area contributed by atoms with Crippen LogP contribution < -0.4 is 4.90 Å². The van der Waals surface area contributed by atoms with Crippen molar-refractivity contribution in [2.24, 2.45) is 9.98 Å². The molecule has 0 saturated carbocycles. The van der Waals surface area contributed by atoms with Gasteiger partial charge in [0.05, 0.1) is 22.8 Å². The van der Waals surface area contributed by atoms with Crippen LogP contribution in [0.1, 0.15) is 64.4 Å². The Morgan fingerprint density at radius 2 is 1.07 bits per heavy atom. The number of fused-ring (bicyclic) bond motifs is 2. The van der Waals surface area contributed by atoms with Crippen LogP contribution >= 0.6 is 0 Å². The van der Waals surface area contributed by atoms with Gasteiger partial charge in [0.2, 0.25) is 11.6 Å². The molecule has 0 saturated heterocycles. The van der Waals surface area contributed by atoms with Gasteiger partial charge in [-0.2, -0.15) is 0 Å². The third-order valence-corrected chi connectivity index (χ3v) is 7.15. The summed E-state index contributed by atoms with van der Waals surface area (Å²) in [6.45, 7) is 8.56. The Balaban J connectivity index is 0.000000207. The number of ketones is 2. The van der Waals surface area contributed by atoms with Crippen LogP contribution in [0.15, 0.2) is 119 Å². The van der Waals surface area contributed by atoms with Crippen LogP contribution in [0.5, 0.6) is 0 Å². The maximum Gasteiger partial charge on any atom is 0.204 e. The van der Waals surface area contributed by atoms with Crippen molar-refractivity contribution in [3.63, 3.8) is 0 Å². The summed E-state index contributed by atoms with van der Waals surface area (Å²) in [5, 5.41) is 0. The summed E-state index contributed by atoms with van der Waals surface area (Å²) in [5.41, 5.74) is 8.22. The molecule has 0 N–H and O–H groups in total. The van der Waals surface area contributed by atoms with Crippen LogP contribution in [0.3, 0.4) is 0 Å². The minimum absolute atomic E-state index is 0. The number of aryl methyl sites for hydroxylation is 1. The Morgan fingerprint density at radius 1 is 0.622 bits per heavy atom. The molecule has 1 radical (unpaired) electrons. The smallest absolute Gasteiger partial charge is 0.204 e. The van der Waals surface area contributed by atoms with Gasteiger partial charge in [-0.25, -0.2) is 9.98 Å². The fourth-order valence-electron chi connectivity index (χ4n) is 5.00. The first-order valence-electron chi connectivity index (χ1n) is 14.9.